The van der Waals surface area contributed by atoms with Gasteiger partial charge in [0.1, 0.15) is 11.5 Å². The first-order valence-electron chi connectivity index (χ1n) is 9.08. The number of aromatic nitrogens is 2. The molecule has 1 N–H and O–H groups in total. The molecule has 0 unspecified atom stereocenters. The van der Waals surface area contributed by atoms with Crippen LogP contribution >= 0.6 is 0 Å². The predicted octanol–water partition coefficient (Wildman–Crippen LogP) is 1.81. The number of carbonyl (C=O) groups excluding carboxylic acids is 1. The molecular formula is C18H31N3O5. The second kappa shape index (κ2) is 14.5. The lowest BCUT2D eigenvalue weighted by atomic mass is 10.1. The largest absolute Gasteiger partial charge is 0.379 e. The van der Waals surface area contributed by atoms with E-state index in [2.05, 4.69) is 15.5 Å². The maximum Gasteiger partial charge on any atom is 0.185 e. The minimum Gasteiger partial charge on any atom is -0.379 e. The van der Waals surface area contributed by atoms with Crippen LogP contribution in [0.15, 0.2) is 12.1 Å². The van der Waals surface area contributed by atoms with Crippen LogP contribution in [0.4, 0.5) is 5.82 Å². The summed E-state index contributed by atoms with van der Waals surface area (Å²) in [5, 5.41) is 11.0. The third-order valence-electron chi connectivity index (χ3n) is 3.31. The fraction of sp³-hybridized carbons (Fsp3) is 0.722. The number of hydrogen-bond acceptors (Lipinski definition) is 8. The summed E-state index contributed by atoms with van der Waals surface area (Å²) in [5.74, 6) is 0.529. The molecule has 0 aliphatic heterocycles. The van der Waals surface area contributed by atoms with Crippen LogP contribution in [-0.2, 0) is 18.9 Å². The van der Waals surface area contributed by atoms with E-state index < -0.39 is 0 Å². The number of hydrogen-bond donors (Lipinski definition) is 1. The number of anilines is 1. The molecule has 0 radical (unpaired) electrons. The van der Waals surface area contributed by atoms with Crippen molar-refractivity contribution in [3.05, 3.63) is 17.8 Å². The first kappa shape index (κ1) is 22.4. The molecule has 1 aromatic rings. The summed E-state index contributed by atoms with van der Waals surface area (Å²) in [6, 6.07) is 3.43. The highest BCUT2D eigenvalue weighted by molar-refractivity contribution is 5.95. The van der Waals surface area contributed by atoms with E-state index in [0.717, 1.165) is 0 Å². The number of carbonyl (C=O) groups is 1. The molecule has 0 aliphatic rings. The zero-order valence-corrected chi connectivity index (χ0v) is 16.0. The molecule has 0 amide bonds. The van der Waals surface area contributed by atoms with Gasteiger partial charge in [0.05, 0.1) is 46.2 Å². The molecule has 8 nitrogen and oxygen atoms in total. The van der Waals surface area contributed by atoms with Crippen LogP contribution in [0.3, 0.4) is 0 Å². The topological polar surface area (TPSA) is 91.8 Å². The standard InChI is InChI=1S/C18H31N3O5/c1-4-23-9-10-25-13-14-26-12-11-24-8-7-19-17-6-5-16(20-21-17)18(22)15(2)3/h5-6,15H,4,7-14H2,1-3H3,(H,19,21). The minimum absolute atomic E-state index is 0.00734. The Balaban J connectivity index is 1.95. The normalized spacial score (nSPS) is 11.1. The Hall–Kier alpha value is -1.61. The molecule has 0 bridgehead atoms. The van der Waals surface area contributed by atoms with Gasteiger partial charge in [-0.3, -0.25) is 4.79 Å². The predicted molar refractivity (Wildman–Crippen MR) is 98.6 cm³/mol. The van der Waals surface area contributed by atoms with E-state index in [0.29, 0.717) is 70.9 Å². The van der Waals surface area contributed by atoms with E-state index >= 15 is 0 Å². The molecule has 0 spiro atoms. The van der Waals surface area contributed by atoms with Gasteiger partial charge in [-0.2, -0.15) is 0 Å². The highest BCUT2D eigenvalue weighted by Crippen LogP contribution is 2.07. The number of ketones is 1. The van der Waals surface area contributed by atoms with Gasteiger partial charge >= 0.3 is 0 Å². The molecule has 0 aromatic carbocycles. The van der Waals surface area contributed by atoms with Crippen molar-refractivity contribution in [3.8, 4) is 0 Å². The van der Waals surface area contributed by atoms with Crippen molar-refractivity contribution in [2.45, 2.75) is 20.8 Å². The molecule has 8 heteroatoms. The Morgan fingerprint density at radius 2 is 1.50 bits per heavy atom. The van der Waals surface area contributed by atoms with Crippen LogP contribution in [0.5, 0.6) is 0 Å². The summed E-state index contributed by atoms with van der Waals surface area (Å²) >= 11 is 0. The van der Waals surface area contributed by atoms with Crippen LogP contribution < -0.4 is 5.32 Å². The Morgan fingerprint density at radius 1 is 0.923 bits per heavy atom. The van der Waals surface area contributed by atoms with E-state index in [4.69, 9.17) is 18.9 Å². The molecule has 0 saturated carbocycles. The van der Waals surface area contributed by atoms with Gasteiger partial charge in [0.25, 0.3) is 0 Å². The average molecular weight is 369 g/mol. The van der Waals surface area contributed by atoms with Crippen molar-refractivity contribution in [2.24, 2.45) is 5.92 Å². The molecule has 0 fully saturated rings. The highest BCUT2D eigenvalue weighted by Gasteiger charge is 2.12. The minimum atomic E-state index is -0.0830. The van der Waals surface area contributed by atoms with Crippen molar-refractivity contribution in [1.29, 1.82) is 0 Å². The van der Waals surface area contributed by atoms with Crippen molar-refractivity contribution in [1.82, 2.24) is 10.2 Å². The third-order valence-corrected chi connectivity index (χ3v) is 3.31. The highest BCUT2D eigenvalue weighted by atomic mass is 16.6. The molecular weight excluding hydrogens is 338 g/mol. The summed E-state index contributed by atoms with van der Waals surface area (Å²) in [6.07, 6.45) is 0. The summed E-state index contributed by atoms with van der Waals surface area (Å²) in [6.45, 7) is 10.8. The van der Waals surface area contributed by atoms with Crippen molar-refractivity contribution in [2.75, 3.05) is 64.7 Å². The van der Waals surface area contributed by atoms with Gasteiger partial charge in [-0.15, -0.1) is 10.2 Å². The van der Waals surface area contributed by atoms with Crippen molar-refractivity contribution >= 4 is 11.6 Å². The van der Waals surface area contributed by atoms with Gasteiger partial charge in [0, 0.05) is 19.1 Å². The first-order valence-corrected chi connectivity index (χ1v) is 9.08. The second-order valence-corrected chi connectivity index (χ2v) is 5.78. The zero-order valence-electron chi connectivity index (χ0n) is 16.0. The van der Waals surface area contributed by atoms with Crippen molar-refractivity contribution in [3.63, 3.8) is 0 Å². The number of Topliss-reactive ketones (excluding diaryl/α,β-unsaturated/α-hetero) is 1. The fourth-order valence-corrected chi connectivity index (χ4v) is 1.91. The number of rotatable bonds is 16. The second-order valence-electron chi connectivity index (χ2n) is 5.78. The van der Waals surface area contributed by atoms with E-state index in [1.807, 2.05) is 20.8 Å². The van der Waals surface area contributed by atoms with Crippen LogP contribution in [0.2, 0.25) is 0 Å². The fourth-order valence-electron chi connectivity index (χ4n) is 1.91. The van der Waals surface area contributed by atoms with Gasteiger partial charge in [-0.1, -0.05) is 13.8 Å². The van der Waals surface area contributed by atoms with Crippen LogP contribution in [0, 0.1) is 5.92 Å². The summed E-state index contributed by atoms with van der Waals surface area (Å²) in [4.78, 5) is 11.8. The summed E-state index contributed by atoms with van der Waals surface area (Å²) < 4.78 is 21.3. The molecule has 1 rings (SSSR count). The smallest absolute Gasteiger partial charge is 0.185 e. The molecule has 0 saturated heterocycles. The quantitative estimate of drug-likeness (QED) is 0.348. The Bertz CT molecular complexity index is 482. The van der Waals surface area contributed by atoms with Gasteiger partial charge in [0.2, 0.25) is 0 Å². The maximum absolute atomic E-state index is 11.8. The van der Waals surface area contributed by atoms with E-state index in [9.17, 15) is 4.79 Å². The first-order chi connectivity index (χ1) is 12.6. The van der Waals surface area contributed by atoms with E-state index in [1.54, 1.807) is 12.1 Å². The van der Waals surface area contributed by atoms with Gasteiger partial charge in [0.15, 0.2) is 5.78 Å². The molecule has 148 valence electrons. The number of nitrogens with one attached hydrogen (secondary N) is 1. The zero-order chi connectivity index (χ0) is 19.0. The molecule has 1 aromatic heterocycles. The number of ether oxygens (including phenoxy) is 4. The van der Waals surface area contributed by atoms with Crippen molar-refractivity contribution < 1.29 is 23.7 Å². The van der Waals surface area contributed by atoms with Crippen LogP contribution in [0.25, 0.3) is 0 Å². The monoisotopic (exact) mass is 369 g/mol. The summed E-state index contributed by atoms with van der Waals surface area (Å²) in [5.41, 5.74) is 0.390. The SMILES string of the molecule is CCOCCOCCOCCOCCNc1ccc(C(=O)C(C)C)nn1. The Labute approximate surface area is 155 Å². The molecule has 0 atom stereocenters. The van der Waals surface area contributed by atoms with Crippen LogP contribution in [-0.4, -0.2) is 75.4 Å². The lowest BCUT2D eigenvalue weighted by molar-refractivity contribution is 0.000608. The lowest BCUT2D eigenvalue weighted by Gasteiger charge is -2.08. The van der Waals surface area contributed by atoms with Crippen LogP contribution in [0.1, 0.15) is 31.3 Å². The van der Waals surface area contributed by atoms with Gasteiger partial charge in [-0.05, 0) is 19.1 Å². The van der Waals surface area contributed by atoms with E-state index in [1.165, 1.54) is 0 Å². The summed E-state index contributed by atoms with van der Waals surface area (Å²) in [7, 11) is 0. The van der Waals surface area contributed by atoms with Gasteiger partial charge in [-0.25, -0.2) is 0 Å². The van der Waals surface area contributed by atoms with E-state index in [-0.39, 0.29) is 11.7 Å². The number of nitrogens with zero attached hydrogens (tertiary/aromatic N) is 2. The molecule has 26 heavy (non-hydrogen) atoms. The third kappa shape index (κ3) is 10.4. The molecule has 0 aliphatic carbocycles. The molecule has 1 heterocycles. The lowest BCUT2D eigenvalue weighted by Crippen LogP contribution is -2.15. The Kier molecular flexibility index (Phi) is 12.6. The Morgan fingerprint density at radius 3 is 2.00 bits per heavy atom. The average Bonchev–Trinajstić information content (AvgIpc) is 2.65. The van der Waals surface area contributed by atoms with Gasteiger partial charge < -0.3 is 24.3 Å². The maximum atomic E-state index is 11.8.